The van der Waals surface area contributed by atoms with Crippen molar-refractivity contribution in [1.82, 2.24) is 10.2 Å². The van der Waals surface area contributed by atoms with Crippen molar-refractivity contribution >= 4 is 17.8 Å². The normalized spacial score (nSPS) is 20.9. The van der Waals surface area contributed by atoms with Crippen LogP contribution < -0.4 is 5.32 Å². The lowest BCUT2D eigenvalue weighted by molar-refractivity contribution is -0.117. The number of hydrogen-bond acceptors (Lipinski definition) is 4. The number of amides is 2. The van der Waals surface area contributed by atoms with Gasteiger partial charge in [-0.25, -0.2) is 4.79 Å². The summed E-state index contributed by atoms with van der Waals surface area (Å²) in [7, 11) is 0. The van der Waals surface area contributed by atoms with E-state index in [9.17, 15) is 14.4 Å². The minimum absolute atomic E-state index is 0.0540. The lowest BCUT2D eigenvalue weighted by atomic mass is 9.96. The number of nitrogens with zero attached hydrogens (tertiary/aromatic N) is 1. The summed E-state index contributed by atoms with van der Waals surface area (Å²) < 4.78 is 5.40. The van der Waals surface area contributed by atoms with E-state index in [1.165, 1.54) is 0 Å². The highest BCUT2D eigenvalue weighted by Gasteiger charge is 2.28. The lowest BCUT2D eigenvalue weighted by Crippen LogP contribution is -2.47. The van der Waals surface area contributed by atoms with Crippen LogP contribution in [-0.4, -0.2) is 47.4 Å². The summed E-state index contributed by atoms with van der Waals surface area (Å²) in [4.78, 5) is 37.8. The van der Waals surface area contributed by atoms with Gasteiger partial charge in [0.25, 0.3) is 5.91 Å². The Balaban J connectivity index is 1.48. The van der Waals surface area contributed by atoms with Gasteiger partial charge in [0, 0.05) is 37.5 Å². The van der Waals surface area contributed by atoms with Crippen molar-refractivity contribution in [3.8, 4) is 0 Å². The van der Waals surface area contributed by atoms with Gasteiger partial charge in [0.15, 0.2) is 0 Å². The maximum Gasteiger partial charge on any atom is 0.410 e. The number of nitrogens with one attached hydrogen (secondary N) is 1. The van der Waals surface area contributed by atoms with Gasteiger partial charge in [-0.3, -0.25) is 9.59 Å². The zero-order chi connectivity index (χ0) is 20.3. The maximum absolute atomic E-state index is 12.5. The van der Waals surface area contributed by atoms with E-state index in [1.807, 2.05) is 45.0 Å². The molecule has 28 heavy (non-hydrogen) atoms. The molecular formula is C22H30N2O4. The van der Waals surface area contributed by atoms with Crippen molar-refractivity contribution in [2.24, 2.45) is 0 Å². The van der Waals surface area contributed by atoms with E-state index >= 15 is 0 Å². The van der Waals surface area contributed by atoms with Crippen molar-refractivity contribution in [3.63, 3.8) is 0 Å². The largest absolute Gasteiger partial charge is 0.444 e. The van der Waals surface area contributed by atoms with E-state index < -0.39 is 5.60 Å². The molecule has 6 heteroatoms. The number of likely N-dealkylation sites (tertiary alicyclic amines) is 1. The van der Waals surface area contributed by atoms with E-state index in [4.69, 9.17) is 4.74 Å². The molecule has 0 unspecified atom stereocenters. The van der Waals surface area contributed by atoms with Gasteiger partial charge in [0.2, 0.25) is 0 Å². The predicted octanol–water partition coefficient (Wildman–Crippen LogP) is 3.65. The van der Waals surface area contributed by atoms with Crippen molar-refractivity contribution in [2.75, 3.05) is 13.1 Å². The number of carbonyl (C=O) groups is 3. The second kappa shape index (κ2) is 8.33. The van der Waals surface area contributed by atoms with E-state index in [0.717, 1.165) is 12.0 Å². The first-order valence-electron chi connectivity index (χ1n) is 10.1. The molecule has 1 atom stereocenters. The van der Waals surface area contributed by atoms with Crippen LogP contribution in [0.3, 0.4) is 0 Å². The molecule has 152 valence electrons. The van der Waals surface area contributed by atoms with Crippen molar-refractivity contribution in [2.45, 2.75) is 70.4 Å². The van der Waals surface area contributed by atoms with Gasteiger partial charge in [0.05, 0.1) is 0 Å². The summed E-state index contributed by atoms with van der Waals surface area (Å²) in [5, 5.41) is 3.07. The number of carbonyl (C=O) groups excluding carboxylic acids is 3. The molecule has 2 amide bonds. The number of rotatable bonds is 3. The first-order valence-corrected chi connectivity index (χ1v) is 10.1. The van der Waals surface area contributed by atoms with Crippen LogP contribution in [0.1, 0.15) is 74.7 Å². The molecule has 0 radical (unpaired) electrons. The highest BCUT2D eigenvalue weighted by atomic mass is 16.6. The van der Waals surface area contributed by atoms with Gasteiger partial charge in [-0.05, 0) is 63.6 Å². The SMILES string of the molecule is CC(C)(C)OC(=O)N1CCC(NC(=O)c2ccc([C@H]3CCC(=O)C3)cc2)CC1. The zero-order valence-electron chi connectivity index (χ0n) is 17.0. The Hall–Kier alpha value is -2.37. The molecule has 0 aromatic heterocycles. The van der Waals surface area contributed by atoms with Gasteiger partial charge in [-0.15, -0.1) is 0 Å². The molecule has 6 nitrogen and oxygen atoms in total. The Morgan fingerprint density at radius 1 is 1.07 bits per heavy atom. The van der Waals surface area contributed by atoms with Crippen LogP contribution in [0.25, 0.3) is 0 Å². The van der Waals surface area contributed by atoms with Gasteiger partial charge >= 0.3 is 6.09 Å². The summed E-state index contributed by atoms with van der Waals surface area (Å²) in [5.41, 5.74) is 1.26. The van der Waals surface area contributed by atoms with Crippen LogP contribution in [-0.2, 0) is 9.53 Å². The Morgan fingerprint density at radius 2 is 1.71 bits per heavy atom. The average Bonchev–Trinajstić information content (AvgIpc) is 3.07. The van der Waals surface area contributed by atoms with Crippen molar-refractivity contribution < 1.29 is 19.1 Å². The summed E-state index contributed by atoms with van der Waals surface area (Å²) in [5.74, 6) is 0.524. The summed E-state index contributed by atoms with van der Waals surface area (Å²) in [6.45, 7) is 6.72. The first-order chi connectivity index (χ1) is 13.2. The molecule has 1 saturated heterocycles. The Morgan fingerprint density at radius 3 is 2.25 bits per heavy atom. The summed E-state index contributed by atoms with van der Waals surface area (Å²) in [6.07, 6.45) is 3.32. The van der Waals surface area contributed by atoms with E-state index in [-0.39, 0.29) is 18.0 Å². The van der Waals surface area contributed by atoms with Gasteiger partial charge in [-0.2, -0.15) is 0 Å². The van der Waals surface area contributed by atoms with Crippen molar-refractivity contribution in [3.05, 3.63) is 35.4 Å². The minimum atomic E-state index is -0.500. The fraction of sp³-hybridized carbons (Fsp3) is 0.591. The van der Waals surface area contributed by atoms with Crippen LogP contribution in [0.15, 0.2) is 24.3 Å². The van der Waals surface area contributed by atoms with Gasteiger partial charge in [-0.1, -0.05) is 12.1 Å². The Labute approximate surface area is 166 Å². The smallest absolute Gasteiger partial charge is 0.410 e. The predicted molar refractivity (Wildman–Crippen MR) is 106 cm³/mol. The molecule has 1 saturated carbocycles. The standard InChI is InChI=1S/C22H30N2O4/c1-22(2,3)28-21(27)24-12-10-18(11-13-24)23-20(26)16-6-4-15(5-7-16)17-8-9-19(25)14-17/h4-7,17-18H,8-14H2,1-3H3,(H,23,26)/t17-/m0/s1. The topological polar surface area (TPSA) is 75.7 Å². The zero-order valence-corrected chi connectivity index (χ0v) is 17.0. The third-order valence-corrected chi connectivity index (χ3v) is 5.37. The highest BCUT2D eigenvalue weighted by Crippen LogP contribution is 2.32. The second-order valence-electron chi connectivity index (χ2n) is 8.82. The fourth-order valence-electron chi connectivity index (χ4n) is 3.81. The van der Waals surface area contributed by atoms with E-state index in [1.54, 1.807) is 4.90 Å². The highest BCUT2D eigenvalue weighted by molar-refractivity contribution is 5.94. The molecule has 3 rings (SSSR count). The molecule has 1 N–H and O–H groups in total. The third-order valence-electron chi connectivity index (χ3n) is 5.37. The van der Waals surface area contributed by atoms with Crippen molar-refractivity contribution in [1.29, 1.82) is 0 Å². The van der Waals surface area contributed by atoms with Gasteiger partial charge < -0.3 is 15.0 Å². The van der Waals surface area contributed by atoms with Crippen LogP contribution in [0.2, 0.25) is 0 Å². The summed E-state index contributed by atoms with van der Waals surface area (Å²) in [6, 6.07) is 7.65. The molecular weight excluding hydrogens is 356 g/mol. The number of hydrogen-bond donors (Lipinski definition) is 1. The second-order valence-corrected chi connectivity index (χ2v) is 8.82. The van der Waals surface area contributed by atoms with E-state index in [2.05, 4.69) is 5.32 Å². The molecule has 1 aliphatic heterocycles. The maximum atomic E-state index is 12.5. The molecule has 1 heterocycles. The molecule has 2 fully saturated rings. The van der Waals surface area contributed by atoms with Crippen LogP contribution in [0.5, 0.6) is 0 Å². The average molecular weight is 386 g/mol. The number of Topliss-reactive ketones (excluding diaryl/α,β-unsaturated/α-hetero) is 1. The molecule has 0 bridgehead atoms. The monoisotopic (exact) mass is 386 g/mol. The summed E-state index contributed by atoms with van der Waals surface area (Å²) >= 11 is 0. The molecule has 1 aliphatic carbocycles. The lowest BCUT2D eigenvalue weighted by Gasteiger charge is -2.33. The van der Waals surface area contributed by atoms with Gasteiger partial charge in [0.1, 0.15) is 11.4 Å². The van der Waals surface area contributed by atoms with Crippen LogP contribution in [0.4, 0.5) is 4.79 Å². The molecule has 2 aliphatic rings. The Bertz CT molecular complexity index is 728. The molecule has 1 aromatic rings. The Kier molecular flexibility index (Phi) is 6.06. The molecule has 0 spiro atoms. The number of piperidine rings is 1. The number of ether oxygens (including phenoxy) is 1. The minimum Gasteiger partial charge on any atom is -0.444 e. The quantitative estimate of drug-likeness (QED) is 0.860. The number of benzene rings is 1. The number of ketones is 1. The third kappa shape index (κ3) is 5.33. The first kappa shape index (κ1) is 20.4. The van der Waals surface area contributed by atoms with E-state index in [0.29, 0.717) is 56.0 Å². The molecule has 1 aromatic carbocycles. The fourth-order valence-corrected chi connectivity index (χ4v) is 3.81. The van der Waals surface area contributed by atoms with Crippen LogP contribution in [0, 0.1) is 0 Å². The van der Waals surface area contributed by atoms with Crippen LogP contribution >= 0.6 is 0 Å².